The molecule has 0 amide bonds. The van der Waals surface area contributed by atoms with Gasteiger partial charge in [0.25, 0.3) is 0 Å². The molecule has 3 aliphatic carbocycles. The molecule has 23 heavy (non-hydrogen) atoms. The van der Waals surface area contributed by atoms with Crippen molar-refractivity contribution in [2.75, 3.05) is 13.6 Å². The summed E-state index contributed by atoms with van der Waals surface area (Å²) in [5, 5.41) is 11.1. The van der Waals surface area contributed by atoms with Crippen LogP contribution in [0.25, 0.3) is 0 Å². The van der Waals surface area contributed by atoms with E-state index in [1.807, 2.05) is 6.92 Å². The Kier molecular flexibility index (Phi) is 3.90. The number of aliphatic hydroxyl groups is 1. The second-order valence-corrected chi connectivity index (χ2v) is 10.1. The fraction of sp³-hybridized carbons (Fsp3) is 0.667. The lowest BCUT2D eigenvalue weighted by Crippen LogP contribution is -2.64. The molecule has 1 aromatic carbocycles. The van der Waals surface area contributed by atoms with E-state index in [1.54, 1.807) is 31.3 Å². The van der Waals surface area contributed by atoms with E-state index in [4.69, 9.17) is 0 Å². The first-order valence-electron chi connectivity index (χ1n) is 8.33. The van der Waals surface area contributed by atoms with Crippen LogP contribution in [-0.4, -0.2) is 37.0 Å². The van der Waals surface area contributed by atoms with Crippen LogP contribution in [-0.2, 0) is 10.0 Å². The number of nitrogens with zero attached hydrogens (tertiary/aromatic N) is 1. The molecule has 5 heteroatoms. The van der Waals surface area contributed by atoms with Gasteiger partial charge in [-0.2, -0.15) is 4.31 Å². The third-order valence-electron chi connectivity index (χ3n) is 6.27. The Morgan fingerprint density at radius 2 is 1.87 bits per heavy atom. The van der Waals surface area contributed by atoms with Gasteiger partial charge >= 0.3 is 0 Å². The van der Waals surface area contributed by atoms with Crippen molar-refractivity contribution in [2.24, 2.45) is 17.3 Å². The monoisotopic (exact) mass is 337 g/mol. The molecule has 3 atom stereocenters. The highest BCUT2D eigenvalue weighted by Gasteiger charge is 2.61. The second-order valence-electron chi connectivity index (χ2n) is 8.02. The summed E-state index contributed by atoms with van der Waals surface area (Å²) in [4.78, 5) is 0.288. The lowest BCUT2D eigenvalue weighted by Gasteiger charge is -2.63. The second kappa shape index (κ2) is 5.30. The molecule has 2 bridgehead atoms. The minimum Gasteiger partial charge on any atom is -0.388 e. The maximum Gasteiger partial charge on any atom is 0.242 e. The van der Waals surface area contributed by atoms with Gasteiger partial charge in [-0.3, -0.25) is 0 Å². The van der Waals surface area contributed by atoms with Crippen molar-refractivity contribution in [3.8, 4) is 0 Å². The zero-order valence-corrected chi connectivity index (χ0v) is 15.2. The Hall–Kier alpha value is -0.910. The first-order chi connectivity index (χ1) is 10.6. The normalized spacial score (nSPS) is 32.6. The van der Waals surface area contributed by atoms with Crippen LogP contribution in [0.15, 0.2) is 29.2 Å². The van der Waals surface area contributed by atoms with E-state index < -0.39 is 15.6 Å². The maximum atomic E-state index is 12.8. The number of fused-ring (bicyclic) bond motifs is 2. The number of hydrogen-bond acceptors (Lipinski definition) is 3. The SMILES string of the molecule is Cc1ccc(S(=O)(=O)N(C)C[C@]2(O)CC[C@H]3C[C@@H]2C3(C)C)cc1. The standard InChI is InChI=1S/C18H27NO3S/c1-13-5-7-15(8-6-13)23(21,22)19(4)12-18(20)10-9-14-11-16(18)17(14,2)3/h5-8,14,16,20H,9-12H2,1-4H3/t14-,16+,18+/m0/s1. The van der Waals surface area contributed by atoms with Crippen LogP contribution in [0.5, 0.6) is 0 Å². The molecule has 0 aliphatic heterocycles. The molecule has 3 saturated carbocycles. The van der Waals surface area contributed by atoms with Crippen LogP contribution in [0.4, 0.5) is 0 Å². The smallest absolute Gasteiger partial charge is 0.242 e. The first-order valence-corrected chi connectivity index (χ1v) is 9.77. The topological polar surface area (TPSA) is 57.6 Å². The fourth-order valence-corrected chi connectivity index (χ4v) is 5.80. The Labute approximate surface area is 139 Å². The van der Waals surface area contributed by atoms with E-state index in [2.05, 4.69) is 13.8 Å². The first kappa shape index (κ1) is 16.9. The number of rotatable bonds is 4. The third kappa shape index (κ3) is 2.63. The molecule has 3 fully saturated rings. The van der Waals surface area contributed by atoms with Gasteiger partial charge in [-0.05, 0) is 55.6 Å². The molecule has 1 aromatic rings. The zero-order chi connectivity index (χ0) is 17.0. The van der Waals surface area contributed by atoms with E-state index in [-0.39, 0.29) is 22.8 Å². The molecular formula is C18H27NO3S. The maximum absolute atomic E-state index is 12.8. The van der Waals surface area contributed by atoms with Gasteiger partial charge < -0.3 is 5.11 Å². The Bertz CT molecular complexity index is 693. The average molecular weight is 337 g/mol. The molecule has 4 nitrogen and oxygen atoms in total. The summed E-state index contributed by atoms with van der Waals surface area (Å²) in [5.41, 5.74) is 0.228. The highest BCUT2D eigenvalue weighted by Crippen LogP contribution is 2.62. The van der Waals surface area contributed by atoms with Gasteiger partial charge in [0.05, 0.1) is 10.5 Å². The van der Waals surface area contributed by atoms with Gasteiger partial charge in [0.15, 0.2) is 0 Å². The number of hydrogen-bond donors (Lipinski definition) is 1. The molecule has 0 heterocycles. The van der Waals surface area contributed by atoms with Crippen LogP contribution >= 0.6 is 0 Å². The van der Waals surface area contributed by atoms with Crippen molar-refractivity contribution in [3.63, 3.8) is 0 Å². The average Bonchev–Trinajstić information content (AvgIpc) is 2.46. The molecule has 128 valence electrons. The van der Waals surface area contributed by atoms with Crippen molar-refractivity contribution in [1.29, 1.82) is 0 Å². The summed E-state index contributed by atoms with van der Waals surface area (Å²) < 4.78 is 26.8. The predicted molar refractivity (Wildman–Crippen MR) is 90.6 cm³/mol. The summed E-state index contributed by atoms with van der Waals surface area (Å²) >= 11 is 0. The predicted octanol–water partition coefficient (Wildman–Crippen LogP) is 2.80. The Morgan fingerprint density at radius 3 is 2.39 bits per heavy atom. The Balaban J connectivity index is 1.81. The van der Waals surface area contributed by atoms with Crippen molar-refractivity contribution in [1.82, 2.24) is 4.31 Å². The molecular weight excluding hydrogens is 310 g/mol. The van der Waals surface area contributed by atoms with Crippen molar-refractivity contribution < 1.29 is 13.5 Å². The molecule has 0 radical (unpaired) electrons. The van der Waals surface area contributed by atoms with Crippen LogP contribution < -0.4 is 0 Å². The Morgan fingerprint density at radius 1 is 1.26 bits per heavy atom. The van der Waals surface area contributed by atoms with Crippen molar-refractivity contribution >= 4 is 10.0 Å². The summed E-state index contributed by atoms with van der Waals surface area (Å²) in [5.74, 6) is 0.858. The molecule has 0 saturated heterocycles. The summed E-state index contributed by atoms with van der Waals surface area (Å²) in [7, 11) is -1.99. The lowest BCUT2D eigenvalue weighted by atomic mass is 9.44. The molecule has 1 N–H and O–H groups in total. The van der Waals surface area contributed by atoms with Gasteiger partial charge in [0, 0.05) is 13.6 Å². The zero-order valence-electron chi connectivity index (χ0n) is 14.4. The summed E-state index contributed by atoms with van der Waals surface area (Å²) in [6.45, 7) is 6.50. The summed E-state index contributed by atoms with van der Waals surface area (Å²) in [6.07, 6.45) is 2.69. The molecule has 0 aromatic heterocycles. The molecule has 3 aliphatic rings. The van der Waals surface area contributed by atoms with Crippen molar-refractivity contribution in [3.05, 3.63) is 29.8 Å². The van der Waals surface area contributed by atoms with E-state index in [1.165, 1.54) is 4.31 Å². The van der Waals surface area contributed by atoms with Gasteiger partial charge in [0.2, 0.25) is 10.0 Å². The lowest BCUT2D eigenvalue weighted by molar-refractivity contribution is -0.203. The highest BCUT2D eigenvalue weighted by atomic mass is 32.2. The number of likely N-dealkylation sites (N-methyl/N-ethyl adjacent to an activating group) is 1. The molecule has 4 rings (SSSR count). The van der Waals surface area contributed by atoms with Crippen molar-refractivity contribution in [2.45, 2.75) is 50.5 Å². The minimum atomic E-state index is -3.56. The van der Waals surface area contributed by atoms with Gasteiger partial charge in [-0.15, -0.1) is 0 Å². The van der Waals surface area contributed by atoms with E-state index in [0.29, 0.717) is 12.3 Å². The number of benzene rings is 1. The van der Waals surface area contributed by atoms with Crippen LogP contribution in [0.1, 0.15) is 38.7 Å². The summed E-state index contributed by atoms with van der Waals surface area (Å²) in [6, 6.07) is 6.87. The fourth-order valence-electron chi connectivity index (χ4n) is 4.57. The number of aryl methyl sites for hydroxylation is 1. The highest BCUT2D eigenvalue weighted by molar-refractivity contribution is 7.89. The van der Waals surface area contributed by atoms with Gasteiger partial charge in [-0.25, -0.2) is 8.42 Å². The largest absolute Gasteiger partial charge is 0.388 e. The number of sulfonamides is 1. The third-order valence-corrected chi connectivity index (χ3v) is 8.09. The van der Waals surface area contributed by atoms with Gasteiger partial charge in [0.1, 0.15) is 0 Å². The molecule has 0 spiro atoms. The van der Waals surface area contributed by atoms with Crippen LogP contribution in [0.3, 0.4) is 0 Å². The quantitative estimate of drug-likeness (QED) is 0.919. The van der Waals surface area contributed by atoms with E-state index in [0.717, 1.165) is 18.4 Å². The van der Waals surface area contributed by atoms with Crippen LogP contribution in [0, 0.1) is 24.2 Å². The van der Waals surface area contributed by atoms with Crippen LogP contribution in [0.2, 0.25) is 0 Å². The minimum absolute atomic E-state index is 0.113. The van der Waals surface area contributed by atoms with E-state index >= 15 is 0 Å². The van der Waals surface area contributed by atoms with Gasteiger partial charge in [-0.1, -0.05) is 31.5 Å². The molecule has 0 unspecified atom stereocenters. The van der Waals surface area contributed by atoms with E-state index in [9.17, 15) is 13.5 Å².